The van der Waals surface area contributed by atoms with E-state index in [1.165, 1.54) is 35.6 Å². The highest BCUT2D eigenvalue weighted by atomic mass is 32.2. The molecule has 0 spiro atoms. The Bertz CT molecular complexity index is 1240. The normalized spacial score (nSPS) is 12.6. The first-order valence-electron chi connectivity index (χ1n) is 9.87. The van der Waals surface area contributed by atoms with Crippen molar-refractivity contribution in [1.29, 1.82) is 0 Å². The molecular weight excluding hydrogens is 420 g/mol. The Kier molecular flexibility index (Phi) is 6.90. The maximum absolute atomic E-state index is 12.8. The molecule has 1 heterocycles. The van der Waals surface area contributed by atoms with Crippen molar-refractivity contribution < 1.29 is 17.9 Å². The molecule has 0 saturated heterocycles. The topological polar surface area (TPSA) is 77.7 Å². The Balaban J connectivity index is 2.05. The zero-order valence-electron chi connectivity index (χ0n) is 17.6. The third-order valence-electron chi connectivity index (χ3n) is 4.82. The Morgan fingerprint density at radius 1 is 1.13 bits per heavy atom. The Labute approximate surface area is 180 Å². The van der Waals surface area contributed by atoms with E-state index in [1.807, 2.05) is 18.4 Å². The maximum Gasteiger partial charge on any atom is 0.279 e. The highest BCUT2D eigenvalue weighted by Crippen LogP contribution is 2.23. The lowest BCUT2D eigenvalue weighted by atomic mass is 10.1. The molecule has 0 unspecified atom stereocenters. The third-order valence-corrected chi connectivity index (χ3v) is 7.80. The van der Waals surface area contributed by atoms with Crippen LogP contribution in [0, 0.1) is 13.8 Å². The average Bonchev–Trinajstić information content (AvgIpc) is 3.06. The lowest BCUT2D eigenvalue weighted by Crippen LogP contribution is -2.19. The van der Waals surface area contributed by atoms with E-state index < -0.39 is 15.7 Å². The summed E-state index contributed by atoms with van der Waals surface area (Å²) in [7, 11) is -3.30. The number of thiazole rings is 1. The number of aromatic nitrogens is 1. The number of aryl methyl sites for hydroxylation is 2. The lowest BCUT2D eigenvalue weighted by Gasteiger charge is -2.07. The molecule has 1 amide bonds. The molecule has 1 aromatic heterocycles. The third kappa shape index (κ3) is 4.71. The summed E-state index contributed by atoms with van der Waals surface area (Å²) in [6.45, 7) is 9.38. The van der Waals surface area contributed by atoms with Gasteiger partial charge in [0.2, 0.25) is 0 Å². The number of amides is 1. The molecule has 0 aliphatic rings. The number of carbonyl (C=O) groups is 1. The van der Waals surface area contributed by atoms with Crippen LogP contribution in [0.2, 0.25) is 0 Å². The minimum absolute atomic E-state index is 0.0189. The van der Waals surface area contributed by atoms with Crippen molar-refractivity contribution in [3.8, 4) is 0 Å². The number of benzene rings is 2. The predicted molar refractivity (Wildman–Crippen MR) is 120 cm³/mol. The molecule has 3 rings (SSSR count). The summed E-state index contributed by atoms with van der Waals surface area (Å²) >= 11 is 1.48. The monoisotopic (exact) mass is 446 g/mol. The standard InChI is InChI=1S/C22H26N2O4S2/c1-5-28-12-11-24-19-14-15(3)13-16(4)20(19)29-22(24)23-21(25)17-7-9-18(10-8-17)30(26,27)6-2/h7-10,13-14H,5-6,11-12H2,1-4H3. The molecule has 2 aromatic carbocycles. The number of ether oxygens (including phenoxy) is 1. The molecule has 0 saturated carbocycles. The summed E-state index contributed by atoms with van der Waals surface area (Å²) < 4.78 is 32.6. The van der Waals surface area contributed by atoms with Gasteiger partial charge in [0.25, 0.3) is 5.91 Å². The molecule has 30 heavy (non-hydrogen) atoms. The number of hydrogen-bond acceptors (Lipinski definition) is 5. The van der Waals surface area contributed by atoms with Crippen LogP contribution in [-0.2, 0) is 21.1 Å². The smallest absolute Gasteiger partial charge is 0.279 e. The molecule has 0 N–H and O–H groups in total. The van der Waals surface area contributed by atoms with Crippen molar-refractivity contribution >= 4 is 37.3 Å². The van der Waals surface area contributed by atoms with Crippen LogP contribution < -0.4 is 4.80 Å². The average molecular weight is 447 g/mol. The van der Waals surface area contributed by atoms with Crippen molar-refractivity contribution in [1.82, 2.24) is 4.57 Å². The van der Waals surface area contributed by atoms with Crippen LogP contribution in [0.4, 0.5) is 0 Å². The second-order valence-corrected chi connectivity index (χ2v) is 10.3. The van der Waals surface area contributed by atoms with E-state index in [-0.39, 0.29) is 10.6 Å². The minimum atomic E-state index is -3.30. The van der Waals surface area contributed by atoms with Gasteiger partial charge in [0.15, 0.2) is 14.6 Å². The van der Waals surface area contributed by atoms with Gasteiger partial charge in [-0.05, 0) is 62.2 Å². The van der Waals surface area contributed by atoms with Gasteiger partial charge in [-0.2, -0.15) is 4.99 Å². The fourth-order valence-electron chi connectivity index (χ4n) is 3.24. The first-order chi connectivity index (χ1) is 14.3. The molecule has 160 valence electrons. The van der Waals surface area contributed by atoms with E-state index in [4.69, 9.17) is 4.74 Å². The van der Waals surface area contributed by atoms with Crippen LogP contribution in [0.1, 0.15) is 35.3 Å². The summed E-state index contributed by atoms with van der Waals surface area (Å²) in [6.07, 6.45) is 0. The van der Waals surface area contributed by atoms with E-state index in [2.05, 4.69) is 24.0 Å². The van der Waals surface area contributed by atoms with E-state index in [0.29, 0.717) is 30.1 Å². The molecule has 0 fully saturated rings. The first-order valence-corrected chi connectivity index (χ1v) is 12.3. The zero-order valence-corrected chi connectivity index (χ0v) is 19.3. The molecule has 0 atom stereocenters. The van der Waals surface area contributed by atoms with Crippen LogP contribution in [0.3, 0.4) is 0 Å². The first kappa shape index (κ1) is 22.4. The van der Waals surface area contributed by atoms with Gasteiger partial charge in [0.05, 0.1) is 27.5 Å². The Morgan fingerprint density at radius 3 is 2.47 bits per heavy atom. The molecule has 0 aliphatic heterocycles. The van der Waals surface area contributed by atoms with Crippen molar-refractivity contribution in [3.05, 3.63) is 57.9 Å². The fraction of sp³-hybridized carbons (Fsp3) is 0.364. The van der Waals surface area contributed by atoms with Gasteiger partial charge in [-0.25, -0.2) is 8.42 Å². The molecule has 8 heteroatoms. The Morgan fingerprint density at radius 2 is 1.83 bits per heavy atom. The van der Waals surface area contributed by atoms with Crippen molar-refractivity contribution in [2.75, 3.05) is 19.0 Å². The number of carbonyl (C=O) groups excluding carboxylic acids is 1. The zero-order chi connectivity index (χ0) is 21.9. The van der Waals surface area contributed by atoms with Gasteiger partial charge in [-0.15, -0.1) is 0 Å². The van der Waals surface area contributed by atoms with Gasteiger partial charge in [-0.1, -0.05) is 24.3 Å². The SMILES string of the molecule is CCOCCn1c(=NC(=O)c2ccc(S(=O)(=O)CC)cc2)sc2c(C)cc(C)cc21. The Hall–Kier alpha value is -2.29. The van der Waals surface area contributed by atoms with E-state index >= 15 is 0 Å². The summed E-state index contributed by atoms with van der Waals surface area (Å²) in [6, 6.07) is 10.2. The second kappa shape index (κ2) is 9.24. The van der Waals surface area contributed by atoms with E-state index in [9.17, 15) is 13.2 Å². The van der Waals surface area contributed by atoms with Crippen LogP contribution in [0.5, 0.6) is 0 Å². The van der Waals surface area contributed by atoms with Crippen LogP contribution >= 0.6 is 11.3 Å². The quantitative estimate of drug-likeness (QED) is 0.516. The van der Waals surface area contributed by atoms with E-state index in [1.54, 1.807) is 6.92 Å². The highest BCUT2D eigenvalue weighted by molar-refractivity contribution is 7.91. The predicted octanol–water partition coefficient (Wildman–Crippen LogP) is 3.89. The van der Waals surface area contributed by atoms with Crippen molar-refractivity contribution in [3.63, 3.8) is 0 Å². The number of rotatable bonds is 7. The summed E-state index contributed by atoms with van der Waals surface area (Å²) in [5.74, 6) is -0.382. The van der Waals surface area contributed by atoms with Gasteiger partial charge in [0, 0.05) is 18.7 Å². The second-order valence-electron chi connectivity index (χ2n) is 7.01. The fourth-order valence-corrected chi connectivity index (χ4v) is 5.23. The highest BCUT2D eigenvalue weighted by Gasteiger charge is 2.14. The minimum Gasteiger partial charge on any atom is -0.380 e. The van der Waals surface area contributed by atoms with Crippen LogP contribution in [0.15, 0.2) is 46.3 Å². The van der Waals surface area contributed by atoms with Gasteiger partial charge in [0.1, 0.15) is 0 Å². The van der Waals surface area contributed by atoms with Gasteiger partial charge >= 0.3 is 0 Å². The molecular formula is C22H26N2O4S2. The summed E-state index contributed by atoms with van der Waals surface area (Å²) in [5, 5.41) is 0. The number of fused-ring (bicyclic) bond motifs is 1. The lowest BCUT2D eigenvalue weighted by molar-refractivity contribution is 0.0996. The maximum atomic E-state index is 12.8. The summed E-state index contributed by atoms with van der Waals surface area (Å²) in [4.78, 5) is 18.0. The number of sulfone groups is 1. The molecule has 6 nitrogen and oxygen atoms in total. The van der Waals surface area contributed by atoms with Gasteiger partial charge in [-0.3, -0.25) is 4.79 Å². The molecule has 0 radical (unpaired) electrons. The molecule has 3 aromatic rings. The van der Waals surface area contributed by atoms with Crippen molar-refractivity contribution in [2.24, 2.45) is 4.99 Å². The van der Waals surface area contributed by atoms with Crippen molar-refractivity contribution in [2.45, 2.75) is 39.1 Å². The molecule has 0 bridgehead atoms. The number of nitrogens with zero attached hydrogens (tertiary/aromatic N) is 2. The number of hydrogen-bond donors (Lipinski definition) is 0. The largest absolute Gasteiger partial charge is 0.380 e. The van der Waals surface area contributed by atoms with E-state index in [0.717, 1.165) is 21.3 Å². The van der Waals surface area contributed by atoms with Crippen LogP contribution in [0.25, 0.3) is 10.2 Å². The summed E-state index contributed by atoms with van der Waals surface area (Å²) in [5.41, 5.74) is 3.68. The van der Waals surface area contributed by atoms with Gasteiger partial charge < -0.3 is 9.30 Å². The molecule has 0 aliphatic carbocycles. The van der Waals surface area contributed by atoms with Crippen LogP contribution in [-0.4, -0.2) is 37.9 Å².